The van der Waals surface area contributed by atoms with E-state index in [1.807, 2.05) is 6.07 Å². The summed E-state index contributed by atoms with van der Waals surface area (Å²) in [4.78, 5) is 17.2. The maximum Gasteiger partial charge on any atom is 0.337 e. The van der Waals surface area contributed by atoms with Gasteiger partial charge in [-0.1, -0.05) is 43.5 Å². The molecule has 2 aliphatic carbocycles. The maximum atomic E-state index is 12.5. The first-order valence-electron chi connectivity index (χ1n) is 13.5. The van der Waals surface area contributed by atoms with Gasteiger partial charge in [-0.2, -0.15) is 0 Å². The van der Waals surface area contributed by atoms with Crippen LogP contribution in [0.3, 0.4) is 0 Å². The molecule has 1 heterocycles. The van der Waals surface area contributed by atoms with Crippen LogP contribution in [0.4, 0.5) is 0 Å². The van der Waals surface area contributed by atoms with Crippen molar-refractivity contribution in [1.82, 2.24) is 9.80 Å². The van der Waals surface area contributed by atoms with Crippen molar-refractivity contribution in [3.63, 3.8) is 0 Å². The highest BCUT2D eigenvalue weighted by molar-refractivity contribution is 6.02. The van der Waals surface area contributed by atoms with Crippen molar-refractivity contribution in [1.29, 1.82) is 0 Å². The fraction of sp³-hybridized carbons (Fsp3) is 0.516. The molecule has 1 aliphatic heterocycles. The van der Waals surface area contributed by atoms with E-state index in [9.17, 15) is 4.79 Å². The molecular weight excluding hydrogens is 448 g/mol. The van der Waals surface area contributed by atoms with Crippen molar-refractivity contribution < 1.29 is 14.3 Å². The number of esters is 1. The quantitative estimate of drug-likeness (QED) is 0.488. The van der Waals surface area contributed by atoms with Gasteiger partial charge in [-0.3, -0.25) is 4.90 Å². The maximum absolute atomic E-state index is 12.5. The molecule has 0 bridgehead atoms. The number of methoxy groups -OCH3 is 1. The molecule has 1 fully saturated rings. The van der Waals surface area contributed by atoms with Crippen LogP contribution in [0.15, 0.2) is 42.5 Å². The summed E-state index contributed by atoms with van der Waals surface area (Å²) in [5.41, 5.74) is 7.43. The lowest BCUT2D eigenvalue weighted by molar-refractivity contribution is 0.0600. The number of likely N-dealkylation sites (N-methyl/N-ethyl adjacent to an activating group) is 2. The van der Waals surface area contributed by atoms with E-state index >= 15 is 0 Å². The Hall–Kier alpha value is -2.63. The van der Waals surface area contributed by atoms with E-state index in [1.165, 1.54) is 67.1 Å². The van der Waals surface area contributed by atoms with Crippen LogP contribution in [0.2, 0.25) is 0 Å². The summed E-state index contributed by atoms with van der Waals surface area (Å²) < 4.78 is 11.6. The van der Waals surface area contributed by atoms with Gasteiger partial charge in [0.15, 0.2) is 0 Å². The van der Waals surface area contributed by atoms with Crippen LogP contribution >= 0.6 is 0 Å². The Kier molecular flexibility index (Phi) is 7.49. The predicted molar refractivity (Wildman–Crippen MR) is 145 cm³/mol. The van der Waals surface area contributed by atoms with Gasteiger partial charge in [-0.05, 0) is 86.8 Å². The highest BCUT2D eigenvalue weighted by Crippen LogP contribution is 2.56. The Balaban J connectivity index is 1.65. The van der Waals surface area contributed by atoms with E-state index < -0.39 is 0 Å². The number of allylic oxidation sites excluding steroid dienone is 2. The number of carbonyl (C=O) groups excluding carboxylic acids is 1. The second-order valence-corrected chi connectivity index (χ2v) is 11.0. The summed E-state index contributed by atoms with van der Waals surface area (Å²) in [7, 11) is 7.93. The summed E-state index contributed by atoms with van der Waals surface area (Å²) in [6.07, 6.45) is 7.35. The average Bonchev–Trinajstić information content (AvgIpc) is 3.20. The Labute approximate surface area is 216 Å². The Morgan fingerprint density at radius 2 is 1.75 bits per heavy atom. The molecule has 2 atom stereocenters. The zero-order chi connectivity index (χ0) is 25.2. The predicted octanol–water partition coefficient (Wildman–Crippen LogP) is 5.71. The van der Waals surface area contributed by atoms with Crippen LogP contribution in [-0.4, -0.2) is 69.8 Å². The molecule has 0 N–H and O–H groups in total. The van der Waals surface area contributed by atoms with Crippen molar-refractivity contribution >= 4 is 17.1 Å². The smallest absolute Gasteiger partial charge is 0.337 e. The number of para-hydroxylation sites is 1. The molecule has 2 aromatic rings. The van der Waals surface area contributed by atoms with Gasteiger partial charge < -0.3 is 14.4 Å². The Morgan fingerprint density at radius 1 is 0.972 bits per heavy atom. The number of hydrogen-bond acceptors (Lipinski definition) is 5. The number of nitrogens with zero attached hydrogens (tertiary/aromatic N) is 2. The first-order chi connectivity index (χ1) is 17.5. The molecule has 0 amide bonds. The first kappa shape index (κ1) is 25.0. The topological polar surface area (TPSA) is 42.0 Å². The summed E-state index contributed by atoms with van der Waals surface area (Å²) in [5, 5.41) is 0. The number of hydrogen-bond donors (Lipinski definition) is 0. The van der Waals surface area contributed by atoms with Crippen molar-refractivity contribution in [3.05, 3.63) is 64.7 Å². The normalized spacial score (nSPS) is 21.9. The third-order valence-electron chi connectivity index (χ3n) is 8.43. The van der Waals surface area contributed by atoms with E-state index in [4.69, 9.17) is 9.47 Å². The highest BCUT2D eigenvalue weighted by Gasteiger charge is 2.40. The number of ether oxygens (including phenoxy) is 2. The minimum absolute atomic E-state index is 0.235. The SMILES string of the molecule is COC(=O)c1ccc2c(c1)C1C[C@@H](N(C)CCN(C)C)COc3ccccc3C1=C2C1CCCCC1. The lowest BCUT2D eigenvalue weighted by Gasteiger charge is -2.35. The average molecular weight is 489 g/mol. The van der Waals surface area contributed by atoms with Crippen LogP contribution in [0.5, 0.6) is 5.75 Å². The van der Waals surface area contributed by atoms with Crippen molar-refractivity contribution in [2.24, 2.45) is 5.92 Å². The van der Waals surface area contributed by atoms with Gasteiger partial charge in [-0.15, -0.1) is 0 Å². The fourth-order valence-corrected chi connectivity index (χ4v) is 6.43. The van der Waals surface area contributed by atoms with Gasteiger partial charge in [0.2, 0.25) is 0 Å². The second-order valence-electron chi connectivity index (χ2n) is 11.0. The van der Waals surface area contributed by atoms with Crippen molar-refractivity contribution in [3.8, 4) is 5.75 Å². The first-order valence-corrected chi connectivity index (χ1v) is 13.5. The number of fused-ring (bicyclic) bond motifs is 5. The zero-order valence-corrected chi connectivity index (χ0v) is 22.3. The number of carbonyl (C=O) groups is 1. The summed E-state index contributed by atoms with van der Waals surface area (Å²) in [5.74, 6) is 1.51. The summed E-state index contributed by atoms with van der Waals surface area (Å²) >= 11 is 0. The van der Waals surface area contributed by atoms with Gasteiger partial charge in [-0.25, -0.2) is 4.79 Å². The van der Waals surface area contributed by atoms with Gasteiger partial charge in [0.05, 0.1) is 12.7 Å². The fourth-order valence-electron chi connectivity index (χ4n) is 6.43. The van der Waals surface area contributed by atoms with E-state index in [0.717, 1.165) is 25.3 Å². The third kappa shape index (κ3) is 4.83. The molecule has 5 heteroatoms. The molecule has 36 heavy (non-hydrogen) atoms. The lowest BCUT2D eigenvalue weighted by atomic mass is 9.78. The summed E-state index contributed by atoms with van der Waals surface area (Å²) in [6, 6.07) is 15.1. The molecule has 3 aliphatic rings. The minimum atomic E-state index is -0.264. The standard InChI is InChI=1S/C31H40N2O3/c1-32(2)16-17-33(3)23-19-27-26-18-22(31(34)35-4)14-15-24(26)29(21-10-6-5-7-11-21)30(27)25-12-8-9-13-28(25)36-20-23/h8-9,12-15,18,21,23,27H,5-7,10-11,16-17,19-20H2,1-4H3/t23-,27?/m1/s1. The lowest BCUT2D eigenvalue weighted by Crippen LogP contribution is -2.41. The van der Waals surface area contributed by atoms with E-state index in [2.05, 4.69) is 67.3 Å². The molecule has 0 spiro atoms. The van der Waals surface area contributed by atoms with E-state index in [-0.39, 0.29) is 17.9 Å². The molecule has 192 valence electrons. The van der Waals surface area contributed by atoms with Gasteiger partial charge in [0.1, 0.15) is 12.4 Å². The van der Waals surface area contributed by atoms with Gasteiger partial charge in [0.25, 0.3) is 0 Å². The zero-order valence-electron chi connectivity index (χ0n) is 22.3. The molecule has 0 radical (unpaired) electrons. The summed E-state index contributed by atoms with van der Waals surface area (Å²) in [6.45, 7) is 2.65. The molecule has 0 aromatic heterocycles. The molecule has 0 saturated heterocycles. The van der Waals surface area contributed by atoms with Crippen molar-refractivity contribution in [2.75, 3.05) is 47.9 Å². The number of benzene rings is 2. The monoisotopic (exact) mass is 488 g/mol. The molecule has 2 aromatic carbocycles. The molecule has 1 saturated carbocycles. The third-order valence-corrected chi connectivity index (χ3v) is 8.43. The van der Waals surface area contributed by atoms with Crippen LogP contribution in [0, 0.1) is 5.92 Å². The van der Waals surface area contributed by atoms with Crippen LogP contribution in [0.25, 0.3) is 11.1 Å². The van der Waals surface area contributed by atoms with Crippen LogP contribution in [-0.2, 0) is 4.74 Å². The largest absolute Gasteiger partial charge is 0.491 e. The highest BCUT2D eigenvalue weighted by atomic mass is 16.5. The Bertz CT molecular complexity index is 1130. The second kappa shape index (κ2) is 10.8. The number of rotatable bonds is 6. The molecule has 5 nitrogen and oxygen atoms in total. The molecular formula is C31H40N2O3. The van der Waals surface area contributed by atoms with Gasteiger partial charge in [0, 0.05) is 30.6 Å². The van der Waals surface area contributed by atoms with Crippen molar-refractivity contribution in [2.45, 2.75) is 50.5 Å². The van der Waals surface area contributed by atoms with Gasteiger partial charge >= 0.3 is 5.97 Å². The Morgan fingerprint density at radius 3 is 2.50 bits per heavy atom. The van der Waals surface area contributed by atoms with Crippen LogP contribution < -0.4 is 4.74 Å². The molecule has 1 unspecified atom stereocenters. The van der Waals surface area contributed by atoms with E-state index in [1.54, 1.807) is 0 Å². The van der Waals surface area contributed by atoms with Crippen LogP contribution in [0.1, 0.15) is 71.5 Å². The minimum Gasteiger partial charge on any atom is -0.491 e. The van der Waals surface area contributed by atoms with E-state index in [0.29, 0.717) is 18.1 Å². The molecule has 5 rings (SSSR count).